The molecule has 0 rings (SSSR count). The zero-order valence-corrected chi connectivity index (χ0v) is 5.38. The Kier molecular flexibility index (Phi) is 2.88. The van der Waals surface area contributed by atoms with Gasteiger partial charge in [0.1, 0.15) is 5.15 Å². The fourth-order valence-electron chi connectivity index (χ4n) is 0. The van der Waals surface area contributed by atoms with Crippen molar-refractivity contribution in [2.75, 3.05) is 0 Å². The van der Waals surface area contributed by atoms with E-state index in [2.05, 4.69) is 0 Å². The van der Waals surface area contributed by atoms with Gasteiger partial charge in [-0.05, 0) is 0 Å². The van der Waals surface area contributed by atoms with E-state index in [-0.39, 0.29) is 0 Å². The second-order valence-electron chi connectivity index (χ2n) is 0.365. The average molecular weight is 203 g/mol. The maximum absolute atomic E-state index is 6.42. The lowest BCUT2D eigenvalue weighted by Gasteiger charge is -1.51. The molecule has 0 radical (unpaired) electrons. The Hall–Kier alpha value is 0.430. The highest BCUT2D eigenvalue weighted by atomic mass is 127. The average Bonchev–Trinajstić information content (AvgIpc) is 1.38. The second-order valence-corrected chi connectivity index (χ2v) is 5.44. The van der Waals surface area contributed by atoms with E-state index in [0.29, 0.717) is 0 Å². The van der Waals surface area contributed by atoms with Crippen molar-refractivity contribution < 1.29 is 0 Å². The number of rotatable bonds is 1. The molecule has 0 aromatic heterocycles. The smallest absolute Gasteiger partial charge is 0.129 e. The van der Waals surface area contributed by atoms with Crippen LogP contribution in [0, 0.1) is 13.9 Å². The minimum Gasteiger partial charge on any atom is -0.268 e. The van der Waals surface area contributed by atoms with Crippen LogP contribution in [0.5, 0.6) is 0 Å². The lowest BCUT2D eigenvalue weighted by molar-refractivity contribution is 1.57. The summed E-state index contributed by atoms with van der Waals surface area (Å²) in [6.07, 6.45) is 0. The van der Waals surface area contributed by atoms with Gasteiger partial charge in [0.05, 0.1) is 20.5 Å². The van der Waals surface area contributed by atoms with E-state index in [1.807, 2.05) is 0 Å². The summed E-state index contributed by atoms with van der Waals surface area (Å²) >= 11 is -0.804. The molecular weight excluding hydrogens is 200 g/mol. The Morgan fingerprint density at radius 3 is 1.60 bits per heavy atom. The summed E-state index contributed by atoms with van der Waals surface area (Å²) in [4.78, 5) is 0. The molecule has 0 fully saturated rings. The summed E-state index contributed by atoms with van der Waals surface area (Å²) in [5.74, 6) is 0. The first kappa shape index (κ1) is 5.43. The van der Waals surface area contributed by atoms with Gasteiger partial charge in [0.15, 0.2) is 0 Å². The van der Waals surface area contributed by atoms with Gasteiger partial charge in [-0.15, -0.1) is 0 Å². The summed E-state index contributed by atoms with van der Waals surface area (Å²) in [6, 6.07) is 0. The lowest BCUT2D eigenvalue weighted by Crippen LogP contribution is -0.912. The largest absolute Gasteiger partial charge is 0.268 e. The van der Waals surface area contributed by atoms with Crippen molar-refractivity contribution in [3.63, 3.8) is 0 Å². The highest BCUT2D eigenvalue weighted by Gasteiger charge is 1.54. The molecule has 0 bridgehead atoms. The van der Waals surface area contributed by atoms with E-state index < -0.39 is 25.6 Å². The summed E-state index contributed by atoms with van der Waals surface area (Å²) in [5.41, 5.74) is 0. The molecule has 0 atom stereocenters. The summed E-state index contributed by atoms with van der Waals surface area (Å²) < 4.78 is 6.42. The van der Waals surface area contributed by atoms with Gasteiger partial charge >= 0.3 is 0 Å². The topological polar surface area (TPSA) is 71.6 Å². The van der Waals surface area contributed by atoms with E-state index in [0.717, 1.165) is 0 Å². The molecule has 0 aliphatic rings. The van der Waals surface area contributed by atoms with E-state index in [1.165, 1.54) is 0 Å². The first-order valence-corrected chi connectivity index (χ1v) is 6.01. The molecule has 0 aliphatic carbocycles. The van der Waals surface area contributed by atoms with Gasteiger partial charge in [-0.2, -0.15) is 0 Å². The molecule has 5 heteroatoms. The van der Waals surface area contributed by atoms with Gasteiger partial charge in [-0.1, -0.05) is 0 Å². The highest BCUT2D eigenvalue weighted by Crippen LogP contribution is 2.23. The first-order valence-electron chi connectivity index (χ1n) is 0.805. The van der Waals surface area contributed by atoms with Crippen molar-refractivity contribution in [3.05, 3.63) is 0 Å². The van der Waals surface area contributed by atoms with Gasteiger partial charge in [0.2, 0.25) is 0 Å². The quantitative estimate of drug-likeness (QED) is 0.433. The number of hydrogen-bond donors (Lipinski definition) is 3. The van der Waals surface area contributed by atoms with Crippen LogP contribution >= 0.6 is 25.6 Å². The van der Waals surface area contributed by atoms with Crippen molar-refractivity contribution in [1.82, 2.24) is 0 Å². The normalized spacial score (nSPS) is 10.8. The Bertz CT molecular complexity index is 83.1. The predicted octanol–water partition coefficient (Wildman–Crippen LogP) is 2.64. The maximum atomic E-state index is 6.42. The fraction of sp³-hybridized carbons (Fsp3) is 0. The molecule has 0 heterocycles. The molecule has 3 nitrogen and oxygen atoms in total. The zero-order chi connectivity index (χ0) is 4.28. The third kappa shape index (κ3) is 4.43. The molecule has 5 heavy (non-hydrogen) atoms. The van der Waals surface area contributed by atoms with Gasteiger partial charge in [-0.25, -0.2) is 0 Å². The summed E-state index contributed by atoms with van der Waals surface area (Å²) in [7, 11) is 0. The van der Waals surface area contributed by atoms with Crippen LogP contribution in [0.25, 0.3) is 0 Å². The maximum Gasteiger partial charge on any atom is 0.129 e. The van der Waals surface area contributed by atoms with Crippen LogP contribution in [0.2, 0.25) is 0 Å². The summed E-state index contributed by atoms with van der Waals surface area (Å²) in [5, 5.41) is 11.5. The Balaban J connectivity index is 3.69. The Morgan fingerprint density at radius 1 is 1.40 bits per heavy atom. The van der Waals surface area contributed by atoms with Gasteiger partial charge < -0.3 is 0 Å². The minimum absolute atomic E-state index is 0.804. The molecule has 0 saturated heterocycles. The van der Waals surface area contributed by atoms with E-state index in [1.54, 1.807) is 0 Å². The SMILES string of the molecule is N=IP(=N)=N. The standard InChI is InChI=1S/H3IN3P/c2-1-5(3)4/h2-4H. The molecule has 0 amide bonds. The van der Waals surface area contributed by atoms with Crippen molar-refractivity contribution in [3.8, 4) is 0 Å². The van der Waals surface area contributed by atoms with Crippen LogP contribution in [0.1, 0.15) is 0 Å². The Morgan fingerprint density at radius 2 is 1.60 bits per heavy atom. The molecule has 3 N–H and O–H groups in total. The van der Waals surface area contributed by atoms with Gasteiger partial charge in [0.25, 0.3) is 0 Å². The molecule has 0 aromatic rings. The summed E-state index contributed by atoms with van der Waals surface area (Å²) in [6.45, 7) is 0. The minimum atomic E-state index is -1.32. The molecule has 30 valence electrons. The van der Waals surface area contributed by atoms with Crippen LogP contribution in [0.15, 0.2) is 0 Å². The van der Waals surface area contributed by atoms with Crippen LogP contribution in [0.4, 0.5) is 0 Å². The van der Waals surface area contributed by atoms with Crippen LogP contribution < -0.4 is 0 Å². The number of halogens is 1. The van der Waals surface area contributed by atoms with Crippen molar-refractivity contribution in [2.24, 2.45) is 0 Å². The fourth-order valence-corrected chi connectivity index (χ4v) is 0. The molecule has 0 aliphatic heterocycles. The molecule has 0 spiro atoms. The Labute approximate surface area is 39.9 Å². The first-order chi connectivity index (χ1) is 2.27. The van der Waals surface area contributed by atoms with Gasteiger partial charge in [-0.3, -0.25) is 13.9 Å². The van der Waals surface area contributed by atoms with Crippen LogP contribution in [-0.2, 0) is 0 Å². The van der Waals surface area contributed by atoms with Crippen LogP contribution in [-0.4, -0.2) is 0 Å². The predicted molar refractivity (Wildman–Crippen MR) is 29.1 cm³/mol. The van der Waals surface area contributed by atoms with Gasteiger partial charge in [0, 0.05) is 0 Å². The highest BCUT2D eigenvalue weighted by molar-refractivity contribution is 14.2. The third-order valence-electron chi connectivity index (χ3n) is 0.0845. The second kappa shape index (κ2) is 2.66. The number of nitrogens with one attached hydrogen (secondary N) is 3. The number of hydrogen-bond acceptors (Lipinski definition) is 3. The zero-order valence-electron chi connectivity index (χ0n) is 2.33. The van der Waals surface area contributed by atoms with E-state index in [4.69, 9.17) is 13.9 Å². The van der Waals surface area contributed by atoms with Crippen LogP contribution in [0.3, 0.4) is 0 Å². The molecule has 0 unspecified atom stereocenters. The van der Waals surface area contributed by atoms with Crippen molar-refractivity contribution >= 4 is 25.6 Å². The van der Waals surface area contributed by atoms with E-state index >= 15 is 0 Å². The van der Waals surface area contributed by atoms with Crippen molar-refractivity contribution in [1.29, 1.82) is 13.9 Å². The van der Waals surface area contributed by atoms with Crippen molar-refractivity contribution in [2.45, 2.75) is 0 Å². The lowest BCUT2D eigenvalue weighted by atomic mass is 13.9. The molecule has 0 saturated carbocycles. The molecular formula is H3IN3P. The van der Waals surface area contributed by atoms with E-state index in [9.17, 15) is 0 Å². The molecule has 0 aromatic carbocycles. The monoisotopic (exact) mass is 203 g/mol. The third-order valence-corrected chi connectivity index (χ3v) is 1.70.